The number of nitrogens with one attached hydrogen (secondary N) is 1. The number of halogens is 3. The number of alkyl halides is 3. The molecule has 0 fully saturated rings. The van der Waals surface area contributed by atoms with E-state index in [1.807, 2.05) is 19.2 Å². The van der Waals surface area contributed by atoms with Gasteiger partial charge in [0.2, 0.25) is 10.0 Å². The third-order valence-corrected chi connectivity index (χ3v) is 5.27. The molecule has 0 atom stereocenters. The quantitative estimate of drug-likeness (QED) is 0.601. The van der Waals surface area contributed by atoms with Crippen LogP contribution in [0, 0.1) is 6.92 Å². The number of aromatic nitrogens is 3. The van der Waals surface area contributed by atoms with Gasteiger partial charge in [0.25, 0.3) is 0 Å². The third kappa shape index (κ3) is 5.20. The van der Waals surface area contributed by atoms with Crippen LogP contribution >= 0.6 is 0 Å². The SMILES string of the molecule is Cc1cc2ncc(CCCNS(=O)(=O)c3ccc(OC(F)(F)F)cc3)cn2n1. The summed E-state index contributed by atoms with van der Waals surface area (Å²) in [5.41, 5.74) is 2.49. The standard InChI is InChI=1S/C17H17F3N4O3S/c1-12-9-16-21-10-13(11-24(16)23-12)3-2-8-22-28(25,26)15-6-4-14(5-7-15)27-17(18,19)20/h4-7,9-11,22H,2-3,8H2,1H3. The van der Waals surface area contributed by atoms with E-state index >= 15 is 0 Å². The van der Waals surface area contributed by atoms with E-state index in [9.17, 15) is 21.6 Å². The van der Waals surface area contributed by atoms with Gasteiger partial charge in [-0.1, -0.05) is 0 Å². The first kappa shape index (κ1) is 20.1. The van der Waals surface area contributed by atoms with Crippen LogP contribution in [0.4, 0.5) is 13.2 Å². The summed E-state index contributed by atoms with van der Waals surface area (Å²) in [4.78, 5) is 4.14. The first-order valence-electron chi connectivity index (χ1n) is 8.29. The molecule has 2 aromatic heterocycles. The lowest BCUT2D eigenvalue weighted by Crippen LogP contribution is -2.25. The van der Waals surface area contributed by atoms with Crippen LogP contribution in [0.3, 0.4) is 0 Å². The highest BCUT2D eigenvalue weighted by molar-refractivity contribution is 7.89. The Morgan fingerprint density at radius 1 is 1.21 bits per heavy atom. The molecule has 0 saturated heterocycles. The van der Waals surface area contributed by atoms with E-state index < -0.39 is 22.1 Å². The summed E-state index contributed by atoms with van der Waals surface area (Å²) in [6, 6.07) is 5.87. The molecule has 3 rings (SSSR count). The first-order valence-corrected chi connectivity index (χ1v) is 9.77. The van der Waals surface area contributed by atoms with Crippen LogP contribution in [-0.4, -0.2) is 35.9 Å². The average molecular weight is 414 g/mol. The number of sulfonamides is 1. The van der Waals surface area contributed by atoms with Crippen LogP contribution in [-0.2, 0) is 16.4 Å². The monoisotopic (exact) mass is 414 g/mol. The van der Waals surface area contributed by atoms with E-state index in [2.05, 4.69) is 19.5 Å². The zero-order chi connectivity index (χ0) is 20.4. The van der Waals surface area contributed by atoms with Crippen molar-refractivity contribution in [2.24, 2.45) is 0 Å². The Morgan fingerprint density at radius 3 is 2.61 bits per heavy atom. The van der Waals surface area contributed by atoms with Gasteiger partial charge in [0, 0.05) is 25.0 Å². The number of ether oxygens (including phenoxy) is 1. The topological polar surface area (TPSA) is 85.6 Å². The number of benzene rings is 1. The van der Waals surface area contributed by atoms with Crippen LogP contribution in [0.1, 0.15) is 17.7 Å². The molecule has 0 aliphatic heterocycles. The fourth-order valence-electron chi connectivity index (χ4n) is 2.57. The average Bonchev–Trinajstić information content (AvgIpc) is 2.97. The van der Waals surface area contributed by atoms with Crippen molar-refractivity contribution < 1.29 is 26.3 Å². The minimum atomic E-state index is -4.83. The summed E-state index contributed by atoms with van der Waals surface area (Å²) in [6.07, 6.45) is -0.177. The van der Waals surface area contributed by atoms with E-state index in [-0.39, 0.29) is 11.4 Å². The second kappa shape index (κ2) is 7.76. The minimum absolute atomic E-state index is 0.142. The minimum Gasteiger partial charge on any atom is -0.406 e. The normalized spacial score (nSPS) is 12.4. The van der Waals surface area contributed by atoms with Crippen molar-refractivity contribution in [1.29, 1.82) is 0 Å². The summed E-state index contributed by atoms with van der Waals surface area (Å²) in [5.74, 6) is -0.483. The van der Waals surface area contributed by atoms with Gasteiger partial charge >= 0.3 is 6.36 Å². The lowest BCUT2D eigenvalue weighted by Gasteiger charge is -2.10. The maximum absolute atomic E-state index is 12.2. The van der Waals surface area contributed by atoms with Gasteiger partial charge in [-0.2, -0.15) is 5.10 Å². The Morgan fingerprint density at radius 2 is 1.93 bits per heavy atom. The molecule has 1 N–H and O–H groups in total. The molecule has 7 nitrogen and oxygen atoms in total. The summed E-state index contributed by atoms with van der Waals surface area (Å²) < 4.78 is 68.7. The molecule has 0 saturated carbocycles. The summed E-state index contributed by atoms with van der Waals surface area (Å²) in [5, 5.41) is 4.27. The second-order valence-corrected chi connectivity index (χ2v) is 7.84. The maximum atomic E-state index is 12.2. The van der Waals surface area contributed by atoms with Crippen molar-refractivity contribution in [3.8, 4) is 5.75 Å². The van der Waals surface area contributed by atoms with Crippen LogP contribution in [0.5, 0.6) is 5.75 Å². The highest BCUT2D eigenvalue weighted by atomic mass is 32.2. The maximum Gasteiger partial charge on any atom is 0.573 e. The second-order valence-electron chi connectivity index (χ2n) is 6.07. The van der Waals surface area contributed by atoms with E-state index in [0.29, 0.717) is 12.8 Å². The molecule has 0 aliphatic carbocycles. The van der Waals surface area contributed by atoms with Gasteiger partial charge in [0.1, 0.15) is 5.75 Å². The van der Waals surface area contributed by atoms with E-state index in [1.54, 1.807) is 10.7 Å². The molecule has 0 amide bonds. The molecule has 2 heterocycles. The molecule has 28 heavy (non-hydrogen) atoms. The Labute approximate surface area is 159 Å². The molecular formula is C17H17F3N4O3S. The third-order valence-electron chi connectivity index (χ3n) is 3.79. The summed E-state index contributed by atoms with van der Waals surface area (Å²) in [6.45, 7) is 2.03. The molecule has 150 valence electrons. The van der Waals surface area contributed by atoms with Crippen molar-refractivity contribution in [3.05, 3.63) is 54.0 Å². The van der Waals surface area contributed by atoms with Crippen LogP contribution in [0.2, 0.25) is 0 Å². The number of hydrogen-bond donors (Lipinski definition) is 1. The van der Waals surface area contributed by atoms with E-state index in [4.69, 9.17) is 0 Å². The predicted octanol–water partition coefficient (Wildman–Crippen LogP) is 2.85. The number of hydrogen-bond acceptors (Lipinski definition) is 5. The van der Waals surface area contributed by atoms with Gasteiger partial charge in [0.15, 0.2) is 5.65 Å². The number of aryl methyl sites for hydroxylation is 2. The number of rotatable bonds is 7. The van der Waals surface area contributed by atoms with Gasteiger partial charge < -0.3 is 4.74 Å². The zero-order valence-electron chi connectivity index (χ0n) is 14.8. The van der Waals surface area contributed by atoms with Gasteiger partial charge in [-0.25, -0.2) is 22.6 Å². The highest BCUT2D eigenvalue weighted by Gasteiger charge is 2.31. The van der Waals surface area contributed by atoms with Crippen molar-refractivity contribution in [1.82, 2.24) is 19.3 Å². The number of nitrogens with zero attached hydrogens (tertiary/aromatic N) is 3. The number of fused-ring (bicyclic) bond motifs is 1. The first-order chi connectivity index (χ1) is 13.1. The van der Waals surface area contributed by atoms with E-state index in [1.165, 1.54) is 0 Å². The molecule has 0 bridgehead atoms. The molecule has 0 spiro atoms. The molecule has 1 aromatic carbocycles. The highest BCUT2D eigenvalue weighted by Crippen LogP contribution is 2.23. The van der Waals surface area contributed by atoms with Gasteiger partial charge in [-0.05, 0) is 49.6 Å². The van der Waals surface area contributed by atoms with Crippen LogP contribution in [0.15, 0.2) is 47.6 Å². The lowest BCUT2D eigenvalue weighted by molar-refractivity contribution is -0.274. The van der Waals surface area contributed by atoms with Gasteiger partial charge in [0.05, 0.1) is 10.6 Å². The molecule has 11 heteroatoms. The summed E-state index contributed by atoms with van der Waals surface area (Å²) >= 11 is 0. The van der Waals surface area contributed by atoms with Crippen molar-refractivity contribution in [2.75, 3.05) is 6.54 Å². The van der Waals surface area contributed by atoms with E-state index in [0.717, 1.165) is 41.2 Å². The molecule has 0 radical (unpaired) electrons. The summed E-state index contributed by atoms with van der Waals surface area (Å²) in [7, 11) is -3.83. The lowest BCUT2D eigenvalue weighted by atomic mass is 10.2. The van der Waals surface area contributed by atoms with Gasteiger partial charge in [-0.3, -0.25) is 0 Å². The molecule has 0 aliphatic rings. The predicted molar refractivity (Wildman–Crippen MR) is 94.4 cm³/mol. The molecule has 3 aromatic rings. The smallest absolute Gasteiger partial charge is 0.406 e. The largest absolute Gasteiger partial charge is 0.573 e. The van der Waals surface area contributed by atoms with Gasteiger partial charge in [-0.15, -0.1) is 13.2 Å². The van der Waals surface area contributed by atoms with Crippen molar-refractivity contribution in [2.45, 2.75) is 31.0 Å². The molecule has 0 unspecified atom stereocenters. The fourth-order valence-corrected chi connectivity index (χ4v) is 3.64. The zero-order valence-corrected chi connectivity index (χ0v) is 15.6. The van der Waals surface area contributed by atoms with Crippen LogP contribution < -0.4 is 9.46 Å². The van der Waals surface area contributed by atoms with Crippen molar-refractivity contribution >= 4 is 15.7 Å². The Bertz CT molecular complexity index is 1060. The Hall–Kier alpha value is -2.66. The molecular weight excluding hydrogens is 397 g/mol. The Kier molecular flexibility index (Phi) is 5.57. The Balaban J connectivity index is 1.54. The van der Waals surface area contributed by atoms with Crippen LogP contribution in [0.25, 0.3) is 5.65 Å². The van der Waals surface area contributed by atoms with Crippen molar-refractivity contribution in [3.63, 3.8) is 0 Å². The fraction of sp³-hybridized carbons (Fsp3) is 0.294.